The topological polar surface area (TPSA) is 50.9 Å². The van der Waals surface area contributed by atoms with E-state index in [-0.39, 0.29) is 6.04 Å². The number of aromatic nitrogens is 1. The van der Waals surface area contributed by atoms with E-state index in [2.05, 4.69) is 27.9 Å². The Balaban J connectivity index is 1.95. The summed E-state index contributed by atoms with van der Waals surface area (Å²) in [6.07, 6.45) is 7.36. The van der Waals surface area contributed by atoms with Gasteiger partial charge in [0.25, 0.3) is 0 Å². The molecule has 0 fully saturated rings. The Morgan fingerprint density at radius 3 is 3.17 bits per heavy atom. The second-order valence-corrected chi connectivity index (χ2v) is 5.73. The van der Waals surface area contributed by atoms with E-state index >= 15 is 0 Å². The molecular weight excluding hydrogens is 242 g/mol. The van der Waals surface area contributed by atoms with Crippen LogP contribution in [-0.4, -0.2) is 4.98 Å². The summed E-state index contributed by atoms with van der Waals surface area (Å²) in [5.74, 6) is 6.25. The highest BCUT2D eigenvalue weighted by Gasteiger charge is 2.29. The van der Waals surface area contributed by atoms with E-state index in [0.717, 1.165) is 0 Å². The van der Waals surface area contributed by atoms with Gasteiger partial charge in [0.2, 0.25) is 0 Å². The number of fused-ring (bicyclic) bond motifs is 1. The molecule has 0 saturated heterocycles. The molecule has 3 rings (SSSR count). The van der Waals surface area contributed by atoms with E-state index in [0.29, 0.717) is 5.92 Å². The molecule has 0 bridgehead atoms. The number of nitrogens with one attached hydrogen (secondary N) is 1. The van der Waals surface area contributed by atoms with E-state index in [1.165, 1.54) is 35.3 Å². The van der Waals surface area contributed by atoms with Gasteiger partial charge in [-0.25, -0.2) is 0 Å². The molecule has 0 saturated carbocycles. The molecule has 2 heterocycles. The number of hydrogen-bond donors (Lipinski definition) is 2. The fourth-order valence-electron chi connectivity index (χ4n) is 2.87. The van der Waals surface area contributed by atoms with Gasteiger partial charge in [-0.3, -0.25) is 16.3 Å². The molecule has 3 nitrogen and oxygen atoms in total. The highest BCUT2D eigenvalue weighted by atomic mass is 32.1. The Hall–Kier alpha value is -1.23. The molecule has 0 radical (unpaired) electrons. The van der Waals surface area contributed by atoms with Crippen LogP contribution in [0.5, 0.6) is 0 Å². The SMILES string of the molecule is NNC(c1cccnc1)C1CCCc2sccc21. The number of pyridine rings is 1. The summed E-state index contributed by atoms with van der Waals surface area (Å²) in [5.41, 5.74) is 5.62. The largest absolute Gasteiger partial charge is 0.271 e. The van der Waals surface area contributed by atoms with E-state index in [9.17, 15) is 0 Å². The maximum Gasteiger partial charge on any atom is 0.0544 e. The molecule has 2 aromatic rings. The lowest BCUT2D eigenvalue weighted by Crippen LogP contribution is -2.33. The number of aryl methyl sites for hydroxylation is 1. The first-order chi connectivity index (χ1) is 8.90. The van der Waals surface area contributed by atoms with E-state index < -0.39 is 0 Å². The van der Waals surface area contributed by atoms with Crippen molar-refractivity contribution in [1.82, 2.24) is 10.4 Å². The normalized spacial score (nSPS) is 20.4. The van der Waals surface area contributed by atoms with Crippen LogP contribution < -0.4 is 11.3 Å². The van der Waals surface area contributed by atoms with Crippen LogP contribution in [0.25, 0.3) is 0 Å². The average molecular weight is 259 g/mol. The van der Waals surface area contributed by atoms with Crippen molar-refractivity contribution >= 4 is 11.3 Å². The summed E-state index contributed by atoms with van der Waals surface area (Å²) in [5, 5.41) is 2.19. The third-order valence-electron chi connectivity index (χ3n) is 3.72. The first-order valence-electron chi connectivity index (χ1n) is 6.32. The van der Waals surface area contributed by atoms with Crippen LogP contribution >= 0.6 is 11.3 Å². The standard InChI is InChI=1S/C14H17N3S/c15-17-14(10-3-2-7-16-9-10)12-4-1-5-13-11(12)6-8-18-13/h2-3,6-9,12,14,17H,1,4-5,15H2. The zero-order chi connectivity index (χ0) is 12.4. The zero-order valence-corrected chi connectivity index (χ0v) is 11.0. The Kier molecular flexibility index (Phi) is 3.41. The monoisotopic (exact) mass is 259 g/mol. The second-order valence-electron chi connectivity index (χ2n) is 4.73. The van der Waals surface area contributed by atoms with Crippen LogP contribution in [0.15, 0.2) is 36.0 Å². The van der Waals surface area contributed by atoms with Crippen molar-refractivity contribution in [3.63, 3.8) is 0 Å². The smallest absolute Gasteiger partial charge is 0.0544 e. The minimum absolute atomic E-state index is 0.160. The van der Waals surface area contributed by atoms with Gasteiger partial charge in [-0.15, -0.1) is 11.3 Å². The van der Waals surface area contributed by atoms with Crippen molar-refractivity contribution in [3.05, 3.63) is 52.0 Å². The predicted octanol–water partition coefficient (Wildman–Crippen LogP) is 2.77. The second kappa shape index (κ2) is 5.18. The fraction of sp³-hybridized carbons (Fsp3) is 0.357. The molecule has 2 unspecified atom stereocenters. The summed E-state index contributed by atoms with van der Waals surface area (Å²) in [4.78, 5) is 5.72. The number of hydrogen-bond acceptors (Lipinski definition) is 4. The molecule has 2 atom stereocenters. The van der Waals surface area contributed by atoms with Crippen LogP contribution in [-0.2, 0) is 6.42 Å². The van der Waals surface area contributed by atoms with Crippen molar-refractivity contribution in [2.45, 2.75) is 31.2 Å². The maximum atomic E-state index is 5.79. The Morgan fingerprint density at radius 2 is 2.39 bits per heavy atom. The molecule has 0 aliphatic heterocycles. The predicted molar refractivity (Wildman–Crippen MR) is 74.3 cm³/mol. The van der Waals surface area contributed by atoms with Crippen molar-refractivity contribution in [3.8, 4) is 0 Å². The maximum absolute atomic E-state index is 5.79. The van der Waals surface area contributed by atoms with Gasteiger partial charge in [0.1, 0.15) is 0 Å². The molecule has 2 aromatic heterocycles. The molecular formula is C14H17N3S. The molecule has 4 heteroatoms. The molecule has 94 valence electrons. The number of nitrogens with two attached hydrogens (primary N) is 1. The highest BCUT2D eigenvalue weighted by molar-refractivity contribution is 7.10. The summed E-state index contributed by atoms with van der Waals surface area (Å²) in [7, 11) is 0. The molecule has 0 aromatic carbocycles. The lowest BCUT2D eigenvalue weighted by molar-refractivity contribution is 0.410. The van der Waals surface area contributed by atoms with Gasteiger partial charge in [-0.05, 0) is 47.9 Å². The van der Waals surface area contributed by atoms with E-state index in [1.807, 2.05) is 23.6 Å². The quantitative estimate of drug-likeness (QED) is 0.658. The van der Waals surface area contributed by atoms with E-state index in [4.69, 9.17) is 5.84 Å². The van der Waals surface area contributed by atoms with Gasteiger partial charge in [0.05, 0.1) is 6.04 Å². The summed E-state index contributed by atoms with van der Waals surface area (Å²) >= 11 is 1.87. The highest BCUT2D eigenvalue weighted by Crippen LogP contribution is 2.41. The Labute approximate surface area is 111 Å². The fourth-order valence-corrected chi connectivity index (χ4v) is 3.87. The molecule has 18 heavy (non-hydrogen) atoms. The molecule has 0 amide bonds. The van der Waals surface area contributed by atoms with Gasteiger partial charge >= 0.3 is 0 Å². The van der Waals surface area contributed by atoms with Gasteiger partial charge in [-0.1, -0.05) is 6.07 Å². The van der Waals surface area contributed by atoms with Crippen LogP contribution in [0.1, 0.15) is 40.8 Å². The van der Waals surface area contributed by atoms with Crippen LogP contribution in [0.4, 0.5) is 0 Å². The van der Waals surface area contributed by atoms with Crippen molar-refractivity contribution in [2.24, 2.45) is 5.84 Å². The average Bonchev–Trinajstić information content (AvgIpc) is 2.90. The third-order valence-corrected chi connectivity index (χ3v) is 4.72. The molecule has 1 aliphatic carbocycles. The molecule has 3 N–H and O–H groups in total. The van der Waals surface area contributed by atoms with Gasteiger partial charge in [0.15, 0.2) is 0 Å². The summed E-state index contributed by atoms with van der Waals surface area (Å²) in [6.45, 7) is 0. The van der Waals surface area contributed by atoms with Crippen LogP contribution in [0.2, 0.25) is 0 Å². The lowest BCUT2D eigenvalue weighted by atomic mass is 9.80. The van der Waals surface area contributed by atoms with Crippen molar-refractivity contribution in [2.75, 3.05) is 0 Å². The number of rotatable bonds is 3. The Morgan fingerprint density at radius 1 is 1.44 bits per heavy atom. The van der Waals surface area contributed by atoms with Crippen molar-refractivity contribution in [1.29, 1.82) is 0 Å². The minimum atomic E-state index is 0.160. The Bertz CT molecular complexity index is 509. The number of hydrazine groups is 1. The molecule has 1 aliphatic rings. The summed E-state index contributed by atoms with van der Waals surface area (Å²) in [6, 6.07) is 6.48. The van der Waals surface area contributed by atoms with Crippen LogP contribution in [0.3, 0.4) is 0 Å². The third kappa shape index (κ3) is 2.07. The summed E-state index contributed by atoms with van der Waals surface area (Å²) < 4.78 is 0. The van der Waals surface area contributed by atoms with Gasteiger partial charge < -0.3 is 0 Å². The first kappa shape index (κ1) is 11.8. The van der Waals surface area contributed by atoms with Gasteiger partial charge in [0, 0.05) is 23.2 Å². The lowest BCUT2D eigenvalue weighted by Gasteiger charge is -2.30. The molecule has 0 spiro atoms. The van der Waals surface area contributed by atoms with E-state index in [1.54, 1.807) is 6.20 Å². The van der Waals surface area contributed by atoms with Crippen molar-refractivity contribution < 1.29 is 0 Å². The van der Waals surface area contributed by atoms with Crippen LogP contribution in [0, 0.1) is 0 Å². The number of thiophene rings is 1. The van der Waals surface area contributed by atoms with Gasteiger partial charge in [-0.2, -0.15) is 0 Å². The first-order valence-corrected chi connectivity index (χ1v) is 7.20. The number of nitrogens with zero attached hydrogens (tertiary/aromatic N) is 1. The minimum Gasteiger partial charge on any atom is -0.271 e. The zero-order valence-electron chi connectivity index (χ0n) is 10.2.